The largest absolute Gasteiger partial charge is 0.489 e. The van der Waals surface area contributed by atoms with E-state index in [0.717, 1.165) is 48.3 Å². The number of nitrogens with one attached hydrogen (secondary N) is 1. The summed E-state index contributed by atoms with van der Waals surface area (Å²) in [5.74, 6) is 0.329. The number of rotatable bonds is 16. The maximum absolute atomic E-state index is 12.3. The summed E-state index contributed by atoms with van der Waals surface area (Å²) >= 11 is 0. The van der Waals surface area contributed by atoms with Crippen molar-refractivity contribution in [3.8, 4) is 11.5 Å². The van der Waals surface area contributed by atoms with Crippen LogP contribution < -0.4 is 14.8 Å². The minimum absolute atomic E-state index is 0.101. The summed E-state index contributed by atoms with van der Waals surface area (Å²) in [6, 6.07) is 23.5. The molecule has 0 aromatic heterocycles. The van der Waals surface area contributed by atoms with E-state index in [1.165, 1.54) is 18.4 Å². The summed E-state index contributed by atoms with van der Waals surface area (Å²) in [5.41, 5.74) is 3.94. The van der Waals surface area contributed by atoms with Crippen LogP contribution in [0.3, 0.4) is 0 Å². The number of amides is 1. The molecule has 0 fully saturated rings. The van der Waals surface area contributed by atoms with E-state index in [0.29, 0.717) is 12.2 Å². The van der Waals surface area contributed by atoms with Crippen LogP contribution in [0.15, 0.2) is 72.8 Å². The lowest BCUT2D eigenvalue weighted by molar-refractivity contribution is -0.136. The zero-order valence-corrected chi connectivity index (χ0v) is 22.4. The molecule has 2 N–H and O–H groups in total. The highest BCUT2D eigenvalue weighted by Gasteiger charge is 2.15. The number of aliphatic carboxylic acids is 1. The first-order valence-electron chi connectivity index (χ1n) is 13.6. The van der Waals surface area contributed by atoms with E-state index in [1.54, 1.807) is 12.1 Å². The molecule has 0 aliphatic rings. The standard InChI is InChI=1S/C32H39NO5/c1-3-5-6-7-8-30(26-13-15-27(16-14-26)32(36)33-22-21-31(34)35)38-29-19-17-28(18-20-29)37-23-25-11-9-24(4-2)10-12-25/h9-20,30H,3-8,21-23H2,1-2H3,(H,33,36)(H,34,35). The van der Waals surface area contributed by atoms with Gasteiger partial charge in [0.2, 0.25) is 0 Å². The Balaban J connectivity index is 1.61. The van der Waals surface area contributed by atoms with Crippen molar-refractivity contribution in [2.24, 2.45) is 0 Å². The molecule has 0 bridgehead atoms. The minimum atomic E-state index is -0.940. The Morgan fingerprint density at radius 3 is 2.11 bits per heavy atom. The SMILES string of the molecule is CCCCCCC(Oc1ccc(OCc2ccc(CC)cc2)cc1)c1ccc(C(=O)NCCC(=O)O)cc1. The van der Waals surface area contributed by atoms with Gasteiger partial charge in [0.05, 0.1) is 6.42 Å². The monoisotopic (exact) mass is 517 g/mol. The first-order chi connectivity index (χ1) is 18.5. The van der Waals surface area contributed by atoms with Crippen molar-refractivity contribution in [1.29, 1.82) is 0 Å². The molecule has 0 saturated heterocycles. The maximum Gasteiger partial charge on any atom is 0.305 e. The third-order valence-electron chi connectivity index (χ3n) is 6.43. The highest BCUT2D eigenvalue weighted by atomic mass is 16.5. The van der Waals surface area contributed by atoms with Crippen molar-refractivity contribution in [3.63, 3.8) is 0 Å². The molecule has 0 radical (unpaired) electrons. The Kier molecular flexibility index (Phi) is 11.7. The Hall–Kier alpha value is -3.80. The molecule has 6 heteroatoms. The molecular formula is C32H39NO5. The molecule has 1 unspecified atom stereocenters. The Bertz CT molecular complexity index is 1120. The fraction of sp³-hybridized carbons (Fsp3) is 0.375. The lowest BCUT2D eigenvalue weighted by Crippen LogP contribution is -2.26. The van der Waals surface area contributed by atoms with Gasteiger partial charge in [0.25, 0.3) is 5.91 Å². The smallest absolute Gasteiger partial charge is 0.305 e. The number of hydrogen-bond acceptors (Lipinski definition) is 4. The van der Waals surface area contributed by atoms with Gasteiger partial charge in [0, 0.05) is 12.1 Å². The van der Waals surface area contributed by atoms with Gasteiger partial charge in [-0.15, -0.1) is 0 Å². The average Bonchev–Trinajstić information content (AvgIpc) is 2.94. The molecule has 1 atom stereocenters. The van der Waals surface area contributed by atoms with Gasteiger partial charge < -0.3 is 19.9 Å². The molecule has 0 spiro atoms. The van der Waals surface area contributed by atoms with Crippen molar-refractivity contribution in [3.05, 3.63) is 95.1 Å². The lowest BCUT2D eigenvalue weighted by Gasteiger charge is -2.20. The number of aryl methyl sites for hydroxylation is 1. The van der Waals surface area contributed by atoms with Crippen LogP contribution in [0.4, 0.5) is 0 Å². The number of carbonyl (C=O) groups is 2. The normalized spacial score (nSPS) is 11.5. The Labute approximate surface area is 226 Å². The van der Waals surface area contributed by atoms with Crippen LogP contribution >= 0.6 is 0 Å². The highest BCUT2D eigenvalue weighted by Crippen LogP contribution is 2.29. The van der Waals surface area contributed by atoms with Gasteiger partial charge in [-0.2, -0.15) is 0 Å². The quantitative estimate of drug-likeness (QED) is 0.198. The zero-order valence-electron chi connectivity index (χ0n) is 22.4. The zero-order chi connectivity index (χ0) is 27.2. The number of carboxylic acids is 1. The van der Waals surface area contributed by atoms with Crippen molar-refractivity contribution in [1.82, 2.24) is 5.32 Å². The van der Waals surface area contributed by atoms with Gasteiger partial charge in [-0.1, -0.05) is 69.5 Å². The summed E-state index contributed by atoms with van der Waals surface area (Å²) in [7, 11) is 0. The van der Waals surface area contributed by atoms with Gasteiger partial charge in [-0.05, 0) is 72.4 Å². The fourth-order valence-electron chi connectivity index (χ4n) is 4.10. The molecule has 0 aliphatic carbocycles. The van der Waals surface area contributed by atoms with Crippen LogP contribution in [-0.4, -0.2) is 23.5 Å². The number of carboxylic acid groups (broad SMARTS) is 1. The van der Waals surface area contributed by atoms with Gasteiger partial charge in [-0.25, -0.2) is 0 Å². The van der Waals surface area contributed by atoms with Crippen LogP contribution in [0.1, 0.15) is 85.5 Å². The molecule has 3 aromatic carbocycles. The molecule has 6 nitrogen and oxygen atoms in total. The van der Waals surface area contributed by atoms with E-state index in [4.69, 9.17) is 14.6 Å². The summed E-state index contributed by atoms with van der Waals surface area (Å²) in [4.78, 5) is 23.0. The Morgan fingerprint density at radius 1 is 0.816 bits per heavy atom. The van der Waals surface area contributed by atoms with Crippen LogP contribution in [-0.2, 0) is 17.8 Å². The van der Waals surface area contributed by atoms with E-state index < -0.39 is 5.97 Å². The molecule has 202 valence electrons. The number of hydrogen-bond donors (Lipinski definition) is 2. The van der Waals surface area contributed by atoms with Gasteiger partial charge in [0.1, 0.15) is 24.2 Å². The van der Waals surface area contributed by atoms with E-state index in [2.05, 4.69) is 43.4 Å². The van der Waals surface area contributed by atoms with E-state index >= 15 is 0 Å². The summed E-state index contributed by atoms with van der Waals surface area (Å²) < 4.78 is 12.3. The number of ether oxygens (including phenoxy) is 2. The topological polar surface area (TPSA) is 84.9 Å². The first-order valence-corrected chi connectivity index (χ1v) is 13.6. The number of carbonyl (C=O) groups excluding carboxylic acids is 1. The van der Waals surface area contributed by atoms with E-state index in [9.17, 15) is 9.59 Å². The van der Waals surface area contributed by atoms with Crippen molar-refractivity contribution < 1.29 is 24.2 Å². The second-order valence-electron chi connectivity index (χ2n) is 9.41. The second-order valence-corrected chi connectivity index (χ2v) is 9.41. The van der Waals surface area contributed by atoms with Gasteiger partial charge >= 0.3 is 5.97 Å². The van der Waals surface area contributed by atoms with E-state index in [1.807, 2.05) is 36.4 Å². The molecule has 3 aromatic rings. The predicted molar refractivity (Wildman–Crippen MR) is 150 cm³/mol. The van der Waals surface area contributed by atoms with Crippen molar-refractivity contribution in [2.75, 3.05) is 6.54 Å². The van der Waals surface area contributed by atoms with Crippen LogP contribution in [0.2, 0.25) is 0 Å². The van der Waals surface area contributed by atoms with Gasteiger partial charge in [0.15, 0.2) is 0 Å². The molecule has 0 heterocycles. The summed E-state index contributed by atoms with van der Waals surface area (Å²) in [6.07, 6.45) is 6.21. The van der Waals surface area contributed by atoms with E-state index in [-0.39, 0.29) is 25.0 Å². The maximum atomic E-state index is 12.3. The molecule has 3 rings (SSSR count). The van der Waals surface area contributed by atoms with Crippen molar-refractivity contribution >= 4 is 11.9 Å². The first kappa shape index (κ1) is 28.8. The fourth-order valence-corrected chi connectivity index (χ4v) is 4.10. The molecule has 0 aliphatic heterocycles. The lowest BCUT2D eigenvalue weighted by atomic mass is 10.0. The second kappa shape index (κ2) is 15.5. The van der Waals surface area contributed by atoms with Crippen LogP contribution in [0.5, 0.6) is 11.5 Å². The third-order valence-corrected chi connectivity index (χ3v) is 6.43. The third kappa shape index (κ3) is 9.58. The summed E-state index contributed by atoms with van der Waals surface area (Å²) in [5, 5.41) is 11.4. The minimum Gasteiger partial charge on any atom is -0.489 e. The Morgan fingerprint density at radius 2 is 1.47 bits per heavy atom. The number of benzene rings is 3. The molecule has 38 heavy (non-hydrogen) atoms. The number of unbranched alkanes of at least 4 members (excludes halogenated alkanes) is 3. The van der Waals surface area contributed by atoms with Gasteiger partial charge in [-0.3, -0.25) is 9.59 Å². The molecule has 1 amide bonds. The van der Waals surface area contributed by atoms with Crippen LogP contribution in [0.25, 0.3) is 0 Å². The highest BCUT2D eigenvalue weighted by molar-refractivity contribution is 5.94. The van der Waals surface area contributed by atoms with Crippen LogP contribution in [0, 0.1) is 0 Å². The molecular weight excluding hydrogens is 478 g/mol. The van der Waals surface area contributed by atoms with Crippen molar-refractivity contribution in [2.45, 2.75) is 71.5 Å². The molecule has 0 saturated carbocycles. The average molecular weight is 518 g/mol. The predicted octanol–water partition coefficient (Wildman–Crippen LogP) is 7.12. The summed E-state index contributed by atoms with van der Waals surface area (Å²) in [6.45, 7) is 4.95.